The number of nitrogens with zero attached hydrogens (tertiary/aromatic N) is 1. The van der Waals surface area contributed by atoms with E-state index in [2.05, 4.69) is 37.5 Å². The maximum atomic E-state index is 13.5. The number of aromatic nitrogens is 1. The van der Waals surface area contributed by atoms with Crippen LogP contribution >= 0.6 is 0 Å². The van der Waals surface area contributed by atoms with Crippen LogP contribution in [0.15, 0.2) is 42.6 Å². The van der Waals surface area contributed by atoms with Crippen molar-refractivity contribution in [2.24, 2.45) is 7.05 Å². The van der Waals surface area contributed by atoms with Crippen LogP contribution < -0.4 is 4.57 Å². The van der Waals surface area contributed by atoms with Gasteiger partial charge >= 0.3 is 0 Å². The Balaban J connectivity index is 2.42. The van der Waals surface area contributed by atoms with Gasteiger partial charge in [0.15, 0.2) is 6.20 Å². The van der Waals surface area contributed by atoms with Gasteiger partial charge in [-0.05, 0) is 61.5 Å². The molecule has 0 atom stereocenters. The van der Waals surface area contributed by atoms with E-state index in [1.165, 1.54) is 28.3 Å². The van der Waals surface area contributed by atoms with Crippen LogP contribution in [0.1, 0.15) is 16.7 Å². The molecular weight excluding hydrogens is 261 g/mol. The molecule has 0 radical (unpaired) electrons. The molecule has 1 aromatic heterocycles. The van der Waals surface area contributed by atoms with Crippen molar-refractivity contribution >= 4 is 10.8 Å². The summed E-state index contributed by atoms with van der Waals surface area (Å²) in [7, 11) is 2.04. The van der Waals surface area contributed by atoms with Crippen LogP contribution in [0.25, 0.3) is 22.0 Å². The summed E-state index contributed by atoms with van der Waals surface area (Å²) < 4.78 is 15.6. The van der Waals surface area contributed by atoms with Gasteiger partial charge < -0.3 is 0 Å². The molecule has 0 aliphatic carbocycles. The number of rotatable bonds is 1. The van der Waals surface area contributed by atoms with E-state index < -0.39 is 0 Å². The van der Waals surface area contributed by atoms with Gasteiger partial charge in [-0.2, -0.15) is 0 Å². The van der Waals surface area contributed by atoms with Gasteiger partial charge in [-0.1, -0.05) is 11.6 Å². The standard InChI is InChI=1S/C19H19FN/c1-12-9-13(2)14(3)18(10-12)19-17-6-5-16(20)11-15(17)7-8-21(19)4/h5-11H,1-4H3/q+1. The molecule has 0 amide bonds. The first-order valence-electron chi connectivity index (χ1n) is 7.13. The van der Waals surface area contributed by atoms with E-state index in [-0.39, 0.29) is 5.82 Å². The Bertz CT molecular complexity index is 850. The van der Waals surface area contributed by atoms with Gasteiger partial charge in [0, 0.05) is 6.07 Å². The number of halogens is 1. The Hall–Kier alpha value is -2.22. The molecular formula is C19H19FN+. The second kappa shape index (κ2) is 4.96. The molecule has 0 unspecified atom stereocenters. The average molecular weight is 280 g/mol. The molecule has 0 fully saturated rings. The molecule has 0 spiro atoms. The second-order valence-electron chi connectivity index (χ2n) is 5.76. The van der Waals surface area contributed by atoms with Crippen molar-refractivity contribution < 1.29 is 8.96 Å². The van der Waals surface area contributed by atoms with Gasteiger partial charge in [0.05, 0.1) is 10.9 Å². The lowest BCUT2D eigenvalue weighted by atomic mass is 9.94. The summed E-state index contributed by atoms with van der Waals surface area (Å²) in [6.45, 7) is 6.39. The Kier molecular flexibility index (Phi) is 3.25. The molecule has 1 nitrogen and oxygen atoms in total. The van der Waals surface area contributed by atoms with Gasteiger partial charge in [-0.25, -0.2) is 8.96 Å². The summed E-state index contributed by atoms with van der Waals surface area (Å²) in [4.78, 5) is 0. The number of fused-ring (bicyclic) bond motifs is 1. The Labute approximate surface area is 124 Å². The zero-order valence-corrected chi connectivity index (χ0v) is 12.9. The fourth-order valence-corrected chi connectivity index (χ4v) is 2.96. The van der Waals surface area contributed by atoms with Crippen LogP contribution in [-0.2, 0) is 7.05 Å². The second-order valence-corrected chi connectivity index (χ2v) is 5.76. The van der Waals surface area contributed by atoms with E-state index in [1.54, 1.807) is 6.07 Å². The molecule has 0 aliphatic rings. The van der Waals surface area contributed by atoms with Crippen molar-refractivity contribution in [3.8, 4) is 11.3 Å². The van der Waals surface area contributed by atoms with Crippen LogP contribution in [0.4, 0.5) is 4.39 Å². The molecule has 0 saturated carbocycles. The molecule has 106 valence electrons. The summed E-state index contributed by atoms with van der Waals surface area (Å²) in [6, 6.07) is 11.4. The minimum atomic E-state index is -0.195. The third-order valence-corrected chi connectivity index (χ3v) is 4.17. The normalized spacial score (nSPS) is 11.1. The lowest BCUT2D eigenvalue weighted by molar-refractivity contribution is -0.659. The summed E-state index contributed by atoms with van der Waals surface area (Å²) in [5.74, 6) is -0.195. The summed E-state index contributed by atoms with van der Waals surface area (Å²) in [5, 5.41) is 2.01. The fraction of sp³-hybridized carbons (Fsp3) is 0.211. The zero-order valence-electron chi connectivity index (χ0n) is 12.9. The maximum Gasteiger partial charge on any atom is 0.220 e. The van der Waals surface area contributed by atoms with E-state index in [9.17, 15) is 4.39 Å². The Morgan fingerprint density at radius 1 is 0.952 bits per heavy atom. The SMILES string of the molecule is Cc1cc(C)c(C)c(-c2c3ccc(F)cc3cc[n+]2C)c1. The molecule has 0 N–H and O–H groups in total. The number of hydrogen-bond donors (Lipinski definition) is 0. The van der Waals surface area contributed by atoms with E-state index in [4.69, 9.17) is 0 Å². The molecule has 3 aromatic rings. The Morgan fingerprint density at radius 3 is 2.48 bits per heavy atom. The van der Waals surface area contributed by atoms with Crippen molar-refractivity contribution in [3.05, 3.63) is 65.1 Å². The van der Waals surface area contributed by atoms with E-state index in [1.807, 2.05) is 25.4 Å². The molecule has 21 heavy (non-hydrogen) atoms. The lowest BCUT2D eigenvalue weighted by Gasteiger charge is -2.11. The van der Waals surface area contributed by atoms with E-state index in [0.717, 1.165) is 16.5 Å². The average Bonchev–Trinajstić information content (AvgIpc) is 2.43. The molecule has 2 aromatic carbocycles. The maximum absolute atomic E-state index is 13.5. The summed E-state index contributed by atoms with van der Waals surface area (Å²) in [6.07, 6.45) is 1.99. The van der Waals surface area contributed by atoms with Gasteiger partial charge in [-0.15, -0.1) is 0 Å². The van der Waals surface area contributed by atoms with Gasteiger partial charge in [0.1, 0.15) is 12.9 Å². The third kappa shape index (κ3) is 2.31. The highest BCUT2D eigenvalue weighted by molar-refractivity contribution is 5.93. The molecule has 0 aliphatic heterocycles. The minimum absolute atomic E-state index is 0.195. The minimum Gasteiger partial charge on any atom is -0.207 e. The topological polar surface area (TPSA) is 3.88 Å². The van der Waals surface area contributed by atoms with Gasteiger partial charge in [-0.3, -0.25) is 0 Å². The molecule has 0 bridgehead atoms. The molecule has 1 heterocycles. The fourth-order valence-electron chi connectivity index (χ4n) is 2.96. The van der Waals surface area contributed by atoms with Crippen molar-refractivity contribution in [2.45, 2.75) is 20.8 Å². The molecule has 0 saturated heterocycles. The number of hydrogen-bond acceptors (Lipinski definition) is 0. The van der Waals surface area contributed by atoms with Gasteiger partial charge in [0.2, 0.25) is 5.69 Å². The van der Waals surface area contributed by atoms with Crippen LogP contribution in [0.3, 0.4) is 0 Å². The molecule has 2 heteroatoms. The van der Waals surface area contributed by atoms with Gasteiger partial charge in [0.25, 0.3) is 0 Å². The number of benzene rings is 2. The highest BCUT2D eigenvalue weighted by Crippen LogP contribution is 2.30. The summed E-state index contributed by atoms with van der Waals surface area (Å²) >= 11 is 0. The predicted molar refractivity (Wildman–Crippen MR) is 84.7 cm³/mol. The quantitative estimate of drug-likeness (QED) is 0.582. The first-order valence-corrected chi connectivity index (χ1v) is 7.13. The van der Waals surface area contributed by atoms with Crippen molar-refractivity contribution in [1.82, 2.24) is 0 Å². The smallest absolute Gasteiger partial charge is 0.207 e. The Morgan fingerprint density at radius 2 is 1.71 bits per heavy atom. The van der Waals surface area contributed by atoms with Crippen molar-refractivity contribution in [2.75, 3.05) is 0 Å². The van der Waals surface area contributed by atoms with Crippen LogP contribution in [0.2, 0.25) is 0 Å². The van der Waals surface area contributed by atoms with Crippen LogP contribution in [0.5, 0.6) is 0 Å². The zero-order chi connectivity index (χ0) is 15.1. The molecule has 3 rings (SSSR count). The van der Waals surface area contributed by atoms with Crippen LogP contribution in [0, 0.1) is 26.6 Å². The van der Waals surface area contributed by atoms with Crippen LogP contribution in [-0.4, -0.2) is 0 Å². The highest BCUT2D eigenvalue weighted by Gasteiger charge is 2.18. The first kappa shape index (κ1) is 13.7. The van der Waals surface area contributed by atoms with Crippen molar-refractivity contribution in [1.29, 1.82) is 0 Å². The lowest BCUT2D eigenvalue weighted by Crippen LogP contribution is -2.30. The van der Waals surface area contributed by atoms with Crippen molar-refractivity contribution in [3.63, 3.8) is 0 Å². The third-order valence-electron chi connectivity index (χ3n) is 4.17. The largest absolute Gasteiger partial charge is 0.220 e. The predicted octanol–water partition coefficient (Wildman–Crippen LogP) is 4.40. The number of aryl methyl sites for hydroxylation is 3. The summed E-state index contributed by atoms with van der Waals surface area (Å²) in [5.41, 5.74) is 6.15. The highest BCUT2D eigenvalue weighted by atomic mass is 19.1. The first-order chi connectivity index (χ1) is 9.97. The monoisotopic (exact) mass is 280 g/mol. The van der Waals surface area contributed by atoms with E-state index in [0.29, 0.717) is 0 Å². The number of pyridine rings is 1. The van der Waals surface area contributed by atoms with E-state index >= 15 is 0 Å².